The van der Waals surface area contributed by atoms with Crippen molar-refractivity contribution in [2.75, 3.05) is 6.61 Å². The number of carbonyl (C=O) groups is 1. The van der Waals surface area contributed by atoms with E-state index in [0.717, 1.165) is 25.7 Å². The first kappa shape index (κ1) is 24.8. The standard InChI is InChI=1S/C23H38O5/c1-3-5-14-23(28,4-2)15-10-13-20-19(21(26)16-22(20)27)12-9-7-6-8-11-18(25)17-24/h4,6-9,19-22,24,26-28H,2-3,5,10-17H2,1H3/t19-,20-,21-,22-,23?/m1/s1. The first-order chi connectivity index (χ1) is 13.4. The van der Waals surface area contributed by atoms with Gasteiger partial charge in [0.25, 0.3) is 0 Å². The number of hydrogen-bond acceptors (Lipinski definition) is 5. The molecule has 4 N–H and O–H groups in total. The summed E-state index contributed by atoms with van der Waals surface area (Å²) in [6.07, 6.45) is 13.9. The molecule has 0 heterocycles. The molecule has 5 nitrogen and oxygen atoms in total. The van der Waals surface area contributed by atoms with Crippen LogP contribution in [0.5, 0.6) is 0 Å². The molecule has 0 aromatic carbocycles. The zero-order chi connectivity index (χ0) is 21.0. The summed E-state index contributed by atoms with van der Waals surface area (Å²) in [6.45, 7) is 5.42. The van der Waals surface area contributed by atoms with Crippen molar-refractivity contribution in [2.45, 2.75) is 82.5 Å². The molecule has 160 valence electrons. The Morgan fingerprint density at radius 2 is 1.75 bits per heavy atom. The molecule has 0 bridgehead atoms. The fraction of sp³-hybridized carbons (Fsp3) is 0.696. The van der Waals surface area contributed by atoms with Gasteiger partial charge in [-0.2, -0.15) is 0 Å². The van der Waals surface area contributed by atoms with Gasteiger partial charge in [0, 0.05) is 6.42 Å². The molecule has 1 fully saturated rings. The third-order valence-corrected chi connectivity index (χ3v) is 5.83. The number of carbonyl (C=O) groups excluding carboxylic acids is 1. The highest BCUT2D eigenvalue weighted by atomic mass is 16.3. The van der Waals surface area contributed by atoms with E-state index in [1.807, 2.05) is 12.2 Å². The molecule has 1 unspecified atom stereocenters. The maximum absolute atomic E-state index is 11.0. The zero-order valence-corrected chi connectivity index (χ0v) is 17.2. The predicted molar refractivity (Wildman–Crippen MR) is 112 cm³/mol. The van der Waals surface area contributed by atoms with Gasteiger partial charge in [0.1, 0.15) is 6.61 Å². The molecule has 1 aliphatic rings. The number of ketones is 1. The molecule has 1 saturated carbocycles. The Labute approximate surface area is 169 Å². The summed E-state index contributed by atoms with van der Waals surface area (Å²) >= 11 is 0. The second-order valence-corrected chi connectivity index (χ2v) is 7.99. The normalized spacial score (nSPS) is 27.5. The maximum atomic E-state index is 11.0. The first-order valence-corrected chi connectivity index (χ1v) is 10.5. The van der Waals surface area contributed by atoms with Gasteiger partial charge in [-0.25, -0.2) is 0 Å². The number of Topliss-reactive ketones (excluding diaryl/α,β-unsaturated/α-hetero) is 1. The number of hydrogen-bond donors (Lipinski definition) is 4. The molecular weight excluding hydrogens is 356 g/mol. The van der Waals surface area contributed by atoms with Crippen molar-refractivity contribution in [1.82, 2.24) is 0 Å². The summed E-state index contributed by atoms with van der Waals surface area (Å²) in [6, 6.07) is 0. The summed E-state index contributed by atoms with van der Waals surface area (Å²) in [5.41, 5.74) is -0.843. The van der Waals surface area contributed by atoms with E-state index < -0.39 is 24.4 Å². The van der Waals surface area contributed by atoms with E-state index in [-0.39, 0.29) is 24.0 Å². The Hall–Kier alpha value is -1.27. The molecule has 28 heavy (non-hydrogen) atoms. The smallest absolute Gasteiger partial charge is 0.161 e. The highest BCUT2D eigenvalue weighted by molar-refractivity contribution is 5.80. The van der Waals surface area contributed by atoms with E-state index in [0.29, 0.717) is 25.7 Å². The third kappa shape index (κ3) is 8.39. The lowest BCUT2D eigenvalue weighted by atomic mass is 9.83. The van der Waals surface area contributed by atoms with Gasteiger partial charge >= 0.3 is 0 Å². The first-order valence-electron chi connectivity index (χ1n) is 10.5. The van der Waals surface area contributed by atoms with Crippen LogP contribution in [0.15, 0.2) is 37.0 Å². The monoisotopic (exact) mass is 394 g/mol. The van der Waals surface area contributed by atoms with Crippen LogP contribution in [0.2, 0.25) is 0 Å². The van der Waals surface area contributed by atoms with E-state index >= 15 is 0 Å². The predicted octanol–water partition coefficient (Wildman–Crippen LogP) is 3.08. The molecule has 0 aliphatic heterocycles. The third-order valence-electron chi connectivity index (χ3n) is 5.83. The summed E-state index contributed by atoms with van der Waals surface area (Å²) < 4.78 is 0. The Balaban J connectivity index is 2.52. The van der Waals surface area contributed by atoms with Crippen LogP contribution < -0.4 is 0 Å². The van der Waals surface area contributed by atoms with Gasteiger partial charge in [-0.3, -0.25) is 4.79 Å². The van der Waals surface area contributed by atoms with Crippen LogP contribution in [0.1, 0.15) is 64.7 Å². The second-order valence-electron chi connectivity index (χ2n) is 7.99. The van der Waals surface area contributed by atoms with Crippen LogP contribution in [0.4, 0.5) is 0 Å². The molecular formula is C23H38O5. The topological polar surface area (TPSA) is 98.0 Å². The van der Waals surface area contributed by atoms with Crippen LogP contribution in [-0.4, -0.2) is 50.6 Å². The Bertz CT molecular complexity index is 527. The number of aliphatic hydroxyl groups is 4. The summed E-state index contributed by atoms with van der Waals surface area (Å²) in [5.74, 6) is -0.219. The van der Waals surface area contributed by atoms with Gasteiger partial charge in [0.05, 0.1) is 17.8 Å². The van der Waals surface area contributed by atoms with E-state index in [9.17, 15) is 20.1 Å². The quantitative estimate of drug-likeness (QED) is 0.268. The maximum Gasteiger partial charge on any atom is 0.161 e. The highest BCUT2D eigenvalue weighted by Crippen LogP contribution is 2.39. The van der Waals surface area contributed by atoms with Gasteiger partial charge < -0.3 is 20.4 Å². The van der Waals surface area contributed by atoms with Crippen molar-refractivity contribution in [3.8, 4) is 0 Å². The van der Waals surface area contributed by atoms with Crippen molar-refractivity contribution in [1.29, 1.82) is 0 Å². The molecule has 5 atom stereocenters. The van der Waals surface area contributed by atoms with Gasteiger partial charge in [-0.15, -0.1) is 6.58 Å². The lowest BCUT2D eigenvalue weighted by Crippen LogP contribution is -2.27. The highest BCUT2D eigenvalue weighted by Gasteiger charge is 2.40. The van der Waals surface area contributed by atoms with Gasteiger partial charge in [0.2, 0.25) is 0 Å². The number of rotatable bonds is 14. The van der Waals surface area contributed by atoms with Crippen molar-refractivity contribution in [2.24, 2.45) is 11.8 Å². The van der Waals surface area contributed by atoms with E-state index in [4.69, 9.17) is 5.11 Å². The van der Waals surface area contributed by atoms with Gasteiger partial charge in [-0.1, -0.05) is 50.1 Å². The zero-order valence-electron chi connectivity index (χ0n) is 17.2. The van der Waals surface area contributed by atoms with Crippen LogP contribution in [0.3, 0.4) is 0 Å². The Morgan fingerprint density at radius 1 is 1.11 bits per heavy atom. The SMILES string of the molecule is C=CC(O)(CCCC)CCC[C@@H]1[C@@H](CC=CC=CCC(=O)CO)[C@H](O)C[C@H]1O. The van der Waals surface area contributed by atoms with E-state index in [2.05, 4.69) is 13.5 Å². The summed E-state index contributed by atoms with van der Waals surface area (Å²) in [5, 5.41) is 39.9. The molecule has 1 rings (SSSR count). The second kappa shape index (κ2) is 13.0. The summed E-state index contributed by atoms with van der Waals surface area (Å²) in [7, 11) is 0. The number of unbranched alkanes of at least 4 members (excludes halogenated alkanes) is 1. The van der Waals surface area contributed by atoms with Crippen molar-refractivity contribution in [3.63, 3.8) is 0 Å². The minimum atomic E-state index is -0.843. The van der Waals surface area contributed by atoms with Crippen LogP contribution in [0.25, 0.3) is 0 Å². The van der Waals surface area contributed by atoms with Crippen molar-refractivity contribution in [3.05, 3.63) is 37.0 Å². The summed E-state index contributed by atoms with van der Waals surface area (Å²) in [4.78, 5) is 11.0. The molecule has 0 saturated heterocycles. The molecule has 0 aromatic heterocycles. The van der Waals surface area contributed by atoms with Crippen LogP contribution >= 0.6 is 0 Å². The number of aliphatic hydroxyl groups excluding tert-OH is 3. The molecule has 0 radical (unpaired) electrons. The van der Waals surface area contributed by atoms with Crippen molar-refractivity contribution >= 4 is 5.78 Å². The van der Waals surface area contributed by atoms with Crippen LogP contribution in [0, 0.1) is 11.8 Å². The Morgan fingerprint density at radius 3 is 2.39 bits per heavy atom. The molecule has 5 heteroatoms. The minimum absolute atomic E-state index is 0.00816. The van der Waals surface area contributed by atoms with E-state index in [1.165, 1.54) is 0 Å². The molecule has 1 aliphatic carbocycles. The molecule has 0 amide bonds. The molecule has 0 aromatic rings. The lowest BCUT2D eigenvalue weighted by Gasteiger charge is -2.27. The average molecular weight is 395 g/mol. The molecule has 0 spiro atoms. The van der Waals surface area contributed by atoms with Gasteiger partial charge in [-0.05, 0) is 50.4 Å². The fourth-order valence-electron chi connectivity index (χ4n) is 4.02. The average Bonchev–Trinajstić information content (AvgIpc) is 2.95. The Kier molecular flexibility index (Phi) is 11.5. The largest absolute Gasteiger partial charge is 0.393 e. The van der Waals surface area contributed by atoms with E-state index in [1.54, 1.807) is 18.2 Å². The fourth-order valence-corrected chi connectivity index (χ4v) is 4.02. The minimum Gasteiger partial charge on any atom is -0.393 e. The van der Waals surface area contributed by atoms with Crippen LogP contribution in [-0.2, 0) is 4.79 Å². The van der Waals surface area contributed by atoms with Crippen molar-refractivity contribution < 1.29 is 25.2 Å². The van der Waals surface area contributed by atoms with Gasteiger partial charge in [0.15, 0.2) is 5.78 Å². The lowest BCUT2D eigenvalue weighted by molar-refractivity contribution is -0.120. The number of allylic oxidation sites excluding steroid dienone is 4.